The first kappa shape index (κ1) is 10.6. The van der Waals surface area contributed by atoms with Crippen molar-refractivity contribution in [3.63, 3.8) is 0 Å². The molecule has 2 rings (SSSR count). The molecule has 2 N–H and O–H groups in total. The molecular weight excluding hydrogens is 200 g/mol. The van der Waals surface area contributed by atoms with Crippen LogP contribution in [0.2, 0.25) is 0 Å². The van der Waals surface area contributed by atoms with Gasteiger partial charge in [-0.1, -0.05) is 0 Å². The maximum absolute atomic E-state index is 5.94. The smallest absolute Gasteiger partial charge is 0.142 e. The fourth-order valence-corrected chi connectivity index (χ4v) is 1.56. The summed E-state index contributed by atoms with van der Waals surface area (Å²) in [4.78, 5) is 0. The van der Waals surface area contributed by atoms with Crippen molar-refractivity contribution in [2.24, 2.45) is 0 Å². The third-order valence-electron chi connectivity index (χ3n) is 2.26. The summed E-state index contributed by atoms with van der Waals surface area (Å²) < 4.78 is 7.59. The van der Waals surface area contributed by atoms with Gasteiger partial charge in [-0.2, -0.15) is 0 Å². The molecule has 0 aliphatic heterocycles. The number of benzene rings is 1. The number of rotatable bonds is 3. The molecule has 0 fully saturated rings. The lowest BCUT2D eigenvalue weighted by molar-refractivity contribution is 0.244. The topological polar surface area (TPSA) is 40.2 Å². The second-order valence-corrected chi connectivity index (χ2v) is 3.98. The number of nitrogens with two attached hydrogens (primary N) is 1. The average molecular weight is 216 g/mol. The Morgan fingerprint density at radius 3 is 2.44 bits per heavy atom. The first-order valence-corrected chi connectivity index (χ1v) is 5.36. The van der Waals surface area contributed by atoms with Crippen molar-refractivity contribution in [2.75, 3.05) is 5.73 Å². The van der Waals surface area contributed by atoms with Crippen LogP contribution in [0.1, 0.15) is 13.8 Å². The number of nitrogens with zero attached hydrogens (tertiary/aromatic N) is 1. The van der Waals surface area contributed by atoms with Crippen LogP contribution in [0.5, 0.6) is 5.75 Å². The predicted octanol–water partition coefficient (Wildman–Crippen LogP) is 2.85. The second kappa shape index (κ2) is 4.31. The highest BCUT2D eigenvalue weighted by Gasteiger charge is 2.04. The van der Waals surface area contributed by atoms with Crippen LogP contribution >= 0.6 is 0 Å². The van der Waals surface area contributed by atoms with Gasteiger partial charge in [-0.3, -0.25) is 0 Å². The van der Waals surface area contributed by atoms with Crippen LogP contribution < -0.4 is 10.5 Å². The van der Waals surface area contributed by atoms with Crippen LogP contribution in [0.4, 0.5) is 5.69 Å². The Morgan fingerprint density at radius 2 is 1.88 bits per heavy atom. The van der Waals surface area contributed by atoms with E-state index in [2.05, 4.69) is 0 Å². The maximum atomic E-state index is 5.94. The molecule has 84 valence electrons. The van der Waals surface area contributed by atoms with Gasteiger partial charge in [-0.05, 0) is 44.2 Å². The third kappa shape index (κ3) is 2.19. The molecule has 3 nitrogen and oxygen atoms in total. The Bertz CT molecular complexity index is 461. The Morgan fingerprint density at radius 1 is 1.19 bits per heavy atom. The molecule has 1 aromatic heterocycles. The summed E-state index contributed by atoms with van der Waals surface area (Å²) in [6, 6.07) is 9.78. The van der Waals surface area contributed by atoms with Gasteiger partial charge in [0.25, 0.3) is 0 Å². The van der Waals surface area contributed by atoms with Crippen molar-refractivity contribution in [2.45, 2.75) is 20.0 Å². The number of ether oxygens (including phenoxy) is 1. The molecule has 1 aromatic carbocycles. The fraction of sp³-hybridized carbons (Fsp3) is 0.231. The van der Waals surface area contributed by atoms with Crippen LogP contribution in [0.3, 0.4) is 0 Å². The lowest BCUT2D eigenvalue weighted by Crippen LogP contribution is -2.07. The van der Waals surface area contributed by atoms with Crippen molar-refractivity contribution in [3.8, 4) is 11.4 Å². The van der Waals surface area contributed by atoms with Crippen LogP contribution in [0.25, 0.3) is 5.69 Å². The summed E-state index contributed by atoms with van der Waals surface area (Å²) in [6.45, 7) is 3.97. The molecule has 0 saturated heterocycles. The minimum atomic E-state index is 0.139. The normalized spacial score (nSPS) is 10.7. The monoisotopic (exact) mass is 216 g/mol. The van der Waals surface area contributed by atoms with E-state index in [1.807, 2.05) is 61.1 Å². The van der Waals surface area contributed by atoms with Crippen LogP contribution in [0, 0.1) is 0 Å². The molecule has 0 bridgehead atoms. The van der Waals surface area contributed by atoms with Gasteiger partial charge < -0.3 is 15.0 Å². The molecule has 0 atom stereocenters. The van der Waals surface area contributed by atoms with Gasteiger partial charge in [0.2, 0.25) is 0 Å². The van der Waals surface area contributed by atoms with E-state index in [9.17, 15) is 0 Å². The molecule has 0 aliphatic rings. The van der Waals surface area contributed by atoms with E-state index in [4.69, 9.17) is 10.5 Å². The zero-order valence-corrected chi connectivity index (χ0v) is 9.55. The number of hydrogen-bond acceptors (Lipinski definition) is 2. The lowest BCUT2D eigenvalue weighted by atomic mass is 10.2. The van der Waals surface area contributed by atoms with Crippen molar-refractivity contribution in [1.82, 2.24) is 4.57 Å². The largest absolute Gasteiger partial charge is 0.489 e. The van der Waals surface area contributed by atoms with E-state index in [0.717, 1.165) is 11.4 Å². The molecule has 0 amide bonds. The van der Waals surface area contributed by atoms with Crippen LogP contribution in [-0.4, -0.2) is 10.7 Å². The Hall–Kier alpha value is -1.90. The minimum Gasteiger partial charge on any atom is -0.489 e. The van der Waals surface area contributed by atoms with Crippen molar-refractivity contribution in [3.05, 3.63) is 42.7 Å². The van der Waals surface area contributed by atoms with E-state index < -0.39 is 0 Å². The van der Waals surface area contributed by atoms with E-state index in [1.54, 1.807) is 0 Å². The molecule has 0 spiro atoms. The fourth-order valence-electron chi connectivity index (χ4n) is 1.56. The summed E-state index contributed by atoms with van der Waals surface area (Å²) >= 11 is 0. The average Bonchev–Trinajstić information content (AvgIpc) is 2.73. The quantitative estimate of drug-likeness (QED) is 0.801. The molecule has 0 radical (unpaired) electrons. The standard InChI is InChI=1S/C13H16N2O/c1-10(2)16-13-6-5-11(9-12(13)14)15-7-3-4-8-15/h3-10H,14H2,1-2H3. The lowest BCUT2D eigenvalue weighted by Gasteiger charge is -2.13. The zero-order valence-electron chi connectivity index (χ0n) is 9.55. The van der Waals surface area contributed by atoms with E-state index >= 15 is 0 Å². The van der Waals surface area contributed by atoms with Gasteiger partial charge in [0, 0.05) is 18.1 Å². The van der Waals surface area contributed by atoms with E-state index in [1.165, 1.54) is 0 Å². The highest BCUT2D eigenvalue weighted by Crippen LogP contribution is 2.25. The summed E-state index contributed by atoms with van der Waals surface area (Å²) in [6.07, 6.45) is 4.11. The first-order chi connectivity index (χ1) is 7.66. The van der Waals surface area contributed by atoms with Gasteiger partial charge in [-0.15, -0.1) is 0 Å². The van der Waals surface area contributed by atoms with E-state index in [-0.39, 0.29) is 6.10 Å². The highest BCUT2D eigenvalue weighted by molar-refractivity contribution is 5.58. The van der Waals surface area contributed by atoms with Crippen LogP contribution in [-0.2, 0) is 0 Å². The number of aromatic nitrogens is 1. The molecule has 2 aromatic rings. The first-order valence-electron chi connectivity index (χ1n) is 5.36. The van der Waals surface area contributed by atoms with Crippen molar-refractivity contribution >= 4 is 5.69 Å². The summed E-state index contributed by atoms with van der Waals surface area (Å²) in [5.41, 5.74) is 7.64. The summed E-state index contributed by atoms with van der Waals surface area (Å²) in [5, 5.41) is 0. The third-order valence-corrected chi connectivity index (χ3v) is 2.26. The van der Waals surface area contributed by atoms with Gasteiger partial charge in [-0.25, -0.2) is 0 Å². The molecule has 0 unspecified atom stereocenters. The molecule has 16 heavy (non-hydrogen) atoms. The molecule has 0 saturated carbocycles. The van der Waals surface area contributed by atoms with Gasteiger partial charge in [0.05, 0.1) is 11.8 Å². The molecule has 1 heterocycles. The second-order valence-electron chi connectivity index (χ2n) is 3.98. The Labute approximate surface area is 95.5 Å². The maximum Gasteiger partial charge on any atom is 0.142 e. The molecule has 3 heteroatoms. The summed E-state index contributed by atoms with van der Waals surface area (Å²) in [7, 11) is 0. The number of nitrogen functional groups attached to an aromatic ring is 1. The van der Waals surface area contributed by atoms with E-state index in [0.29, 0.717) is 5.69 Å². The predicted molar refractivity (Wildman–Crippen MR) is 65.9 cm³/mol. The van der Waals surface area contributed by atoms with Crippen LogP contribution in [0.15, 0.2) is 42.7 Å². The van der Waals surface area contributed by atoms with Crippen molar-refractivity contribution < 1.29 is 4.74 Å². The molecule has 0 aliphatic carbocycles. The van der Waals surface area contributed by atoms with Crippen molar-refractivity contribution in [1.29, 1.82) is 0 Å². The minimum absolute atomic E-state index is 0.139. The summed E-state index contributed by atoms with van der Waals surface area (Å²) in [5.74, 6) is 0.742. The Kier molecular flexibility index (Phi) is 2.86. The van der Waals surface area contributed by atoms with Gasteiger partial charge >= 0.3 is 0 Å². The number of anilines is 1. The van der Waals surface area contributed by atoms with Gasteiger partial charge in [0.15, 0.2) is 0 Å². The molecular formula is C13H16N2O. The zero-order chi connectivity index (χ0) is 11.5. The Balaban J connectivity index is 2.29. The number of hydrogen-bond donors (Lipinski definition) is 1. The SMILES string of the molecule is CC(C)Oc1ccc(-n2cccc2)cc1N. The highest BCUT2D eigenvalue weighted by atomic mass is 16.5. The van der Waals surface area contributed by atoms with Gasteiger partial charge in [0.1, 0.15) is 5.75 Å².